The predicted octanol–water partition coefficient (Wildman–Crippen LogP) is 2.87. The van der Waals surface area contributed by atoms with Gasteiger partial charge in [-0.25, -0.2) is 8.42 Å². The molecule has 8 heteroatoms. The molecule has 0 heterocycles. The van der Waals surface area contributed by atoms with E-state index in [1.807, 2.05) is 19.1 Å². The zero-order valence-electron chi connectivity index (χ0n) is 17.0. The Kier molecular flexibility index (Phi) is 12.7. The van der Waals surface area contributed by atoms with Crippen LogP contribution in [0.4, 0.5) is 0 Å². The molecule has 2 N–H and O–H groups in total. The van der Waals surface area contributed by atoms with Gasteiger partial charge < -0.3 is 15.4 Å². The highest BCUT2D eigenvalue weighted by Gasteiger charge is 2.09. The fourth-order valence-electron chi connectivity index (χ4n) is 2.23. The monoisotopic (exact) mass is 511 g/mol. The first-order valence-corrected chi connectivity index (χ1v) is 11.1. The Balaban J connectivity index is 0.00000676. The summed E-state index contributed by atoms with van der Waals surface area (Å²) in [6, 6.07) is 8.17. The van der Waals surface area contributed by atoms with Gasteiger partial charge in [0.25, 0.3) is 0 Å². The molecule has 156 valence electrons. The van der Waals surface area contributed by atoms with E-state index in [-0.39, 0.29) is 35.8 Å². The highest BCUT2D eigenvalue weighted by molar-refractivity contribution is 14.0. The van der Waals surface area contributed by atoms with Gasteiger partial charge in [-0.05, 0) is 43.4 Å². The van der Waals surface area contributed by atoms with Crippen molar-refractivity contribution in [2.45, 2.75) is 39.7 Å². The van der Waals surface area contributed by atoms with E-state index in [0.29, 0.717) is 18.3 Å². The predicted molar refractivity (Wildman–Crippen MR) is 124 cm³/mol. The summed E-state index contributed by atoms with van der Waals surface area (Å²) in [5.41, 5.74) is 1.22. The van der Waals surface area contributed by atoms with Crippen molar-refractivity contribution >= 4 is 39.8 Å². The normalized spacial score (nSPS) is 13.0. The molecule has 0 bridgehead atoms. The SMILES string of the molecule is CN=C(NCCc1ccc(OCC(C)C)cc1)NC(C)CCS(C)(=O)=O.I. The van der Waals surface area contributed by atoms with Crippen molar-refractivity contribution in [3.8, 4) is 5.75 Å². The number of nitrogens with one attached hydrogen (secondary N) is 2. The minimum Gasteiger partial charge on any atom is -0.493 e. The topological polar surface area (TPSA) is 79.8 Å². The summed E-state index contributed by atoms with van der Waals surface area (Å²) in [7, 11) is -1.23. The van der Waals surface area contributed by atoms with Crippen LogP contribution in [0.1, 0.15) is 32.8 Å². The second-order valence-corrected chi connectivity index (χ2v) is 9.32. The van der Waals surface area contributed by atoms with E-state index in [9.17, 15) is 8.42 Å². The minimum atomic E-state index is -2.94. The van der Waals surface area contributed by atoms with E-state index in [1.54, 1.807) is 7.05 Å². The summed E-state index contributed by atoms with van der Waals surface area (Å²) in [4.78, 5) is 4.18. The van der Waals surface area contributed by atoms with E-state index in [0.717, 1.165) is 25.3 Å². The zero-order chi connectivity index (χ0) is 19.6. The van der Waals surface area contributed by atoms with Gasteiger partial charge >= 0.3 is 0 Å². The van der Waals surface area contributed by atoms with Crippen LogP contribution in [0, 0.1) is 5.92 Å². The van der Waals surface area contributed by atoms with Crippen molar-refractivity contribution in [2.75, 3.05) is 32.2 Å². The molecule has 27 heavy (non-hydrogen) atoms. The molecule has 0 spiro atoms. The van der Waals surface area contributed by atoms with Crippen LogP contribution in [-0.2, 0) is 16.3 Å². The van der Waals surface area contributed by atoms with Gasteiger partial charge in [-0.2, -0.15) is 0 Å². The lowest BCUT2D eigenvalue weighted by molar-refractivity contribution is 0.271. The molecule has 1 atom stereocenters. The van der Waals surface area contributed by atoms with Crippen LogP contribution in [0.2, 0.25) is 0 Å². The van der Waals surface area contributed by atoms with E-state index >= 15 is 0 Å². The Morgan fingerprint density at radius 3 is 2.33 bits per heavy atom. The number of rotatable bonds is 10. The van der Waals surface area contributed by atoms with E-state index < -0.39 is 9.84 Å². The summed E-state index contributed by atoms with van der Waals surface area (Å²) in [6.45, 7) is 7.67. The average molecular weight is 511 g/mol. The molecule has 0 saturated heterocycles. The first-order chi connectivity index (χ1) is 12.2. The Bertz CT molecular complexity index is 661. The first kappa shape index (κ1) is 26.0. The lowest BCUT2D eigenvalue weighted by atomic mass is 10.1. The molecular weight excluding hydrogens is 477 g/mol. The van der Waals surface area contributed by atoms with E-state index in [4.69, 9.17) is 4.74 Å². The number of sulfone groups is 1. The Hall–Kier alpha value is -1.03. The van der Waals surface area contributed by atoms with Gasteiger partial charge in [0.1, 0.15) is 15.6 Å². The number of hydrogen-bond acceptors (Lipinski definition) is 4. The molecule has 0 aliphatic carbocycles. The number of aliphatic imine (C=N–C) groups is 1. The first-order valence-electron chi connectivity index (χ1n) is 9.06. The second-order valence-electron chi connectivity index (χ2n) is 7.06. The second kappa shape index (κ2) is 13.2. The molecule has 0 aromatic heterocycles. The third kappa shape index (κ3) is 12.9. The summed E-state index contributed by atoms with van der Waals surface area (Å²) >= 11 is 0. The molecule has 0 saturated carbocycles. The Morgan fingerprint density at radius 1 is 1.19 bits per heavy atom. The van der Waals surface area contributed by atoms with Gasteiger partial charge in [0.05, 0.1) is 12.4 Å². The van der Waals surface area contributed by atoms with Crippen molar-refractivity contribution in [2.24, 2.45) is 10.9 Å². The Labute approximate surface area is 181 Å². The van der Waals surface area contributed by atoms with Crippen LogP contribution in [-0.4, -0.2) is 52.6 Å². The standard InChI is InChI=1S/C19H33N3O3S.HI/c1-15(2)14-25-18-8-6-17(7-9-18)10-12-21-19(20-4)22-16(3)11-13-26(5,23)24;/h6-9,15-16H,10-14H2,1-5H3,(H2,20,21,22);1H. The van der Waals surface area contributed by atoms with Crippen molar-refractivity contribution in [3.05, 3.63) is 29.8 Å². The van der Waals surface area contributed by atoms with Gasteiger partial charge in [0.2, 0.25) is 0 Å². The third-order valence-corrected chi connectivity index (χ3v) is 4.72. The number of guanidine groups is 1. The quantitative estimate of drug-likeness (QED) is 0.287. The lowest BCUT2D eigenvalue weighted by Crippen LogP contribution is -2.43. The maximum absolute atomic E-state index is 11.2. The highest BCUT2D eigenvalue weighted by atomic mass is 127. The molecule has 6 nitrogen and oxygen atoms in total. The fraction of sp³-hybridized carbons (Fsp3) is 0.632. The van der Waals surface area contributed by atoms with Gasteiger partial charge in [-0.1, -0.05) is 26.0 Å². The number of benzene rings is 1. The van der Waals surface area contributed by atoms with Gasteiger partial charge in [-0.15, -0.1) is 24.0 Å². The van der Waals surface area contributed by atoms with Crippen LogP contribution in [0.5, 0.6) is 5.75 Å². The van der Waals surface area contributed by atoms with Gasteiger partial charge in [-0.3, -0.25) is 4.99 Å². The van der Waals surface area contributed by atoms with Crippen LogP contribution >= 0.6 is 24.0 Å². The average Bonchev–Trinajstić information content (AvgIpc) is 2.57. The molecule has 0 aliphatic heterocycles. The molecule has 1 unspecified atom stereocenters. The molecule has 0 radical (unpaired) electrons. The smallest absolute Gasteiger partial charge is 0.191 e. The zero-order valence-corrected chi connectivity index (χ0v) is 20.1. The van der Waals surface area contributed by atoms with E-state index in [1.165, 1.54) is 11.8 Å². The van der Waals surface area contributed by atoms with Crippen molar-refractivity contribution in [3.63, 3.8) is 0 Å². The van der Waals surface area contributed by atoms with Crippen molar-refractivity contribution in [1.29, 1.82) is 0 Å². The minimum absolute atomic E-state index is 0. The lowest BCUT2D eigenvalue weighted by Gasteiger charge is -2.17. The highest BCUT2D eigenvalue weighted by Crippen LogP contribution is 2.13. The number of hydrogen-bond donors (Lipinski definition) is 2. The summed E-state index contributed by atoms with van der Waals surface area (Å²) in [5.74, 6) is 2.26. The number of ether oxygens (including phenoxy) is 1. The third-order valence-electron chi connectivity index (χ3n) is 3.74. The molecule has 1 aromatic rings. The van der Waals surface area contributed by atoms with Gasteiger partial charge in [0, 0.05) is 25.9 Å². The molecule has 1 aromatic carbocycles. The summed E-state index contributed by atoms with van der Waals surface area (Å²) in [5, 5.41) is 6.48. The van der Waals surface area contributed by atoms with Crippen LogP contribution in [0.25, 0.3) is 0 Å². The summed E-state index contributed by atoms with van der Waals surface area (Å²) < 4.78 is 28.2. The molecule has 0 fully saturated rings. The largest absolute Gasteiger partial charge is 0.493 e. The van der Waals surface area contributed by atoms with Crippen LogP contribution in [0.15, 0.2) is 29.3 Å². The number of nitrogens with zero attached hydrogens (tertiary/aromatic N) is 1. The van der Waals surface area contributed by atoms with Gasteiger partial charge in [0.15, 0.2) is 5.96 Å². The summed E-state index contributed by atoms with van der Waals surface area (Å²) in [6.07, 6.45) is 2.67. The van der Waals surface area contributed by atoms with Crippen LogP contribution in [0.3, 0.4) is 0 Å². The maximum atomic E-state index is 11.2. The molecule has 0 aliphatic rings. The maximum Gasteiger partial charge on any atom is 0.191 e. The Morgan fingerprint density at radius 2 is 1.81 bits per heavy atom. The molecule has 0 amide bonds. The number of halogens is 1. The van der Waals surface area contributed by atoms with Crippen molar-refractivity contribution < 1.29 is 13.2 Å². The van der Waals surface area contributed by atoms with E-state index in [2.05, 4.69) is 41.6 Å². The molecule has 1 rings (SSSR count). The fourth-order valence-corrected chi connectivity index (χ4v) is 3.01. The van der Waals surface area contributed by atoms with Crippen molar-refractivity contribution in [1.82, 2.24) is 10.6 Å². The molecular formula is C19H34IN3O3S. The van der Waals surface area contributed by atoms with Crippen LogP contribution < -0.4 is 15.4 Å².